The Hall–Kier alpha value is -1.02. The first-order chi connectivity index (χ1) is 9.60. The zero-order valence-corrected chi connectivity index (χ0v) is 13.2. The highest BCUT2D eigenvalue weighted by atomic mass is 15.3. The van der Waals surface area contributed by atoms with Crippen molar-refractivity contribution >= 4 is 5.69 Å². The Labute approximate surface area is 123 Å². The minimum Gasteiger partial charge on any atom is -0.365 e. The van der Waals surface area contributed by atoms with Gasteiger partial charge < -0.3 is 10.2 Å². The van der Waals surface area contributed by atoms with Crippen LogP contribution in [-0.4, -0.2) is 24.7 Å². The molecule has 2 aliphatic rings. The Morgan fingerprint density at radius 1 is 1.15 bits per heavy atom. The average Bonchev–Trinajstić information content (AvgIpc) is 2.87. The molecule has 0 bridgehead atoms. The van der Waals surface area contributed by atoms with E-state index in [1.807, 2.05) is 0 Å². The van der Waals surface area contributed by atoms with Crippen molar-refractivity contribution in [3.63, 3.8) is 0 Å². The Morgan fingerprint density at radius 3 is 2.40 bits per heavy atom. The molecule has 20 heavy (non-hydrogen) atoms. The number of hydrogen-bond acceptors (Lipinski definition) is 2. The molecule has 1 saturated carbocycles. The van der Waals surface area contributed by atoms with Gasteiger partial charge in [0.1, 0.15) is 0 Å². The fourth-order valence-electron chi connectivity index (χ4n) is 3.93. The van der Waals surface area contributed by atoms with Gasteiger partial charge in [-0.05, 0) is 37.8 Å². The molecule has 2 heteroatoms. The van der Waals surface area contributed by atoms with E-state index in [9.17, 15) is 0 Å². The number of nitrogens with zero attached hydrogens (tertiary/aromatic N) is 1. The van der Waals surface area contributed by atoms with Gasteiger partial charge in [0.05, 0.1) is 0 Å². The summed E-state index contributed by atoms with van der Waals surface area (Å²) in [6, 6.07) is 9.72. The van der Waals surface area contributed by atoms with Gasteiger partial charge in [0.25, 0.3) is 0 Å². The van der Waals surface area contributed by atoms with Crippen LogP contribution in [-0.2, 0) is 0 Å². The van der Waals surface area contributed by atoms with Crippen LogP contribution in [0.1, 0.15) is 45.1 Å². The molecule has 1 spiro atoms. The Morgan fingerprint density at radius 2 is 1.80 bits per heavy atom. The van der Waals surface area contributed by atoms with Crippen LogP contribution in [0.15, 0.2) is 24.3 Å². The highest BCUT2D eigenvalue weighted by Gasteiger charge is 2.41. The van der Waals surface area contributed by atoms with E-state index >= 15 is 0 Å². The van der Waals surface area contributed by atoms with E-state index in [0.717, 1.165) is 6.54 Å². The fraction of sp³-hybridized carbons (Fsp3) is 0.667. The molecule has 0 radical (unpaired) electrons. The SMILES string of the molecule is Cc1ccc(N2CC3(CCCC3)NCC2C(C)C)cc1. The van der Waals surface area contributed by atoms with Gasteiger partial charge in [0.15, 0.2) is 0 Å². The van der Waals surface area contributed by atoms with Crippen molar-refractivity contribution in [2.45, 2.75) is 58.0 Å². The third kappa shape index (κ3) is 2.58. The first-order valence-corrected chi connectivity index (χ1v) is 8.18. The quantitative estimate of drug-likeness (QED) is 0.882. The van der Waals surface area contributed by atoms with Gasteiger partial charge >= 0.3 is 0 Å². The molecule has 1 aliphatic heterocycles. The molecule has 1 aliphatic carbocycles. The van der Waals surface area contributed by atoms with E-state index in [1.165, 1.54) is 43.5 Å². The summed E-state index contributed by atoms with van der Waals surface area (Å²) in [6.07, 6.45) is 5.47. The molecule has 1 atom stereocenters. The van der Waals surface area contributed by atoms with Crippen LogP contribution in [0.4, 0.5) is 5.69 Å². The summed E-state index contributed by atoms with van der Waals surface area (Å²) in [6.45, 7) is 9.17. The largest absolute Gasteiger partial charge is 0.365 e. The highest BCUT2D eigenvalue weighted by molar-refractivity contribution is 5.50. The lowest BCUT2D eigenvalue weighted by atomic mass is 9.88. The Balaban J connectivity index is 1.87. The lowest BCUT2D eigenvalue weighted by Crippen LogP contribution is -2.64. The van der Waals surface area contributed by atoms with E-state index in [4.69, 9.17) is 0 Å². The molecule has 1 unspecified atom stereocenters. The highest BCUT2D eigenvalue weighted by Crippen LogP contribution is 2.36. The molecule has 1 N–H and O–H groups in total. The second kappa shape index (κ2) is 5.40. The smallest absolute Gasteiger partial charge is 0.0438 e. The number of aryl methyl sites for hydroxylation is 1. The van der Waals surface area contributed by atoms with Crippen molar-refractivity contribution in [1.82, 2.24) is 5.32 Å². The van der Waals surface area contributed by atoms with Crippen molar-refractivity contribution in [2.75, 3.05) is 18.0 Å². The molecular weight excluding hydrogens is 244 g/mol. The molecule has 1 heterocycles. The maximum Gasteiger partial charge on any atom is 0.0438 e. The molecule has 2 fully saturated rings. The van der Waals surface area contributed by atoms with Gasteiger partial charge in [-0.1, -0.05) is 44.4 Å². The normalized spacial score (nSPS) is 25.6. The number of nitrogens with one attached hydrogen (secondary N) is 1. The zero-order valence-electron chi connectivity index (χ0n) is 13.2. The number of anilines is 1. The standard InChI is InChI=1S/C18H28N2/c1-14(2)17-12-19-18(10-4-5-11-18)13-20(17)16-8-6-15(3)7-9-16/h6-9,14,17,19H,4-5,10-13H2,1-3H3. The van der Waals surface area contributed by atoms with E-state index < -0.39 is 0 Å². The zero-order chi connectivity index (χ0) is 14.2. The summed E-state index contributed by atoms with van der Waals surface area (Å²) >= 11 is 0. The summed E-state index contributed by atoms with van der Waals surface area (Å²) in [5.74, 6) is 0.683. The van der Waals surface area contributed by atoms with Crippen LogP contribution in [0.25, 0.3) is 0 Å². The van der Waals surface area contributed by atoms with Crippen LogP contribution >= 0.6 is 0 Å². The van der Waals surface area contributed by atoms with Crippen LogP contribution in [0.5, 0.6) is 0 Å². The average molecular weight is 272 g/mol. The predicted molar refractivity (Wildman–Crippen MR) is 86.4 cm³/mol. The number of rotatable bonds is 2. The van der Waals surface area contributed by atoms with E-state index in [2.05, 4.69) is 55.3 Å². The lowest BCUT2D eigenvalue weighted by Gasteiger charge is -2.49. The van der Waals surface area contributed by atoms with Crippen LogP contribution in [0, 0.1) is 12.8 Å². The van der Waals surface area contributed by atoms with E-state index in [0.29, 0.717) is 17.5 Å². The fourth-order valence-corrected chi connectivity index (χ4v) is 3.93. The molecule has 1 saturated heterocycles. The Kier molecular flexibility index (Phi) is 3.76. The second-order valence-corrected chi connectivity index (χ2v) is 7.14. The first kappa shape index (κ1) is 13.9. The molecular formula is C18H28N2. The number of piperazine rings is 1. The molecule has 1 aromatic rings. The molecule has 0 aromatic heterocycles. The van der Waals surface area contributed by atoms with Crippen molar-refractivity contribution in [1.29, 1.82) is 0 Å². The maximum atomic E-state index is 3.90. The molecule has 110 valence electrons. The third-order valence-corrected chi connectivity index (χ3v) is 5.26. The van der Waals surface area contributed by atoms with Gasteiger partial charge in [-0.25, -0.2) is 0 Å². The number of hydrogen-bond donors (Lipinski definition) is 1. The molecule has 3 rings (SSSR count). The van der Waals surface area contributed by atoms with E-state index in [-0.39, 0.29) is 0 Å². The molecule has 2 nitrogen and oxygen atoms in total. The summed E-state index contributed by atoms with van der Waals surface area (Å²) < 4.78 is 0. The van der Waals surface area contributed by atoms with Crippen molar-refractivity contribution < 1.29 is 0 Å². The van der Waals surface area contributed by atoms with Crippen LogP contribution < -0.4 is 10.2 Å². The summed E-state index contributed by atoms with van der Waals surface area (Å²) in [5, 5.41) is 3.90. The summed E-state index contributed by atoms with van der Waals surface area (Å²) in [5.41, 5.74) is 3.14. The van der Waals surface area contributed by atoms with Gasteiger partial charge in [0, 0.05) is 30.4 Å². The minimum atomic E-state index is 0.385. The summed E-state index contributed by atoms with van der Waals surface area (Å²) in [7, 11) is 0. The second-order valence-electron chi connectivity index (χ2n) is 7.14. The number of benzene rings is 1. The Bertz CT molecular complexity index is 443. The van der Waals surface area contributed by atoms with E-state index in [1.54, 1.807) is 0 Å². The molecule has 1 aromatic carbocycles. The van der Waals surface area contributed by atoms with Gasteiger partial charge in [0.2, 0.25) is 0 Å². The van der Waals surface area contributed by atoms with Gasteiger partial charge in [-0.3, -0.25) is 0 Å². The van der Waals surface area contributed by atoms with Crippen molar-refractivity contribution in [2.24, 2.45) is 5.92 Å². The topological polar surface area (TPSA) is 15.3 Å². The van der Waals surface area contributed by atoms with Crippen LogP contribution in [0.2, 0.25) is 0 Å². The first-order valence-electron chi connectivity index (χ1n) is 8.18. The van der Waals surface area contributed by atoms with Crippen molar-refractivity contribution in [3.8, 4) is 0 Å². The van der Waals surface area contributed by atoms with Gasteiger partial charge in [-0.15, -0.1) is 0 Å². The molecule has 0 amide bonds. The minimum absolute atomic E-state index is 0.385. The predicted octanol–water partition coefficient (Wildman–Crippen LogP) is 3.74. The third-order valence-electron chi connectivity index (χ3n) is 5.26. The summed E-state index contributed by atoms with van der Waals surface area (Å²) in [4.78, 5) is 2.67. The lowest BCUT2D eigenvalue weighted by molar-refractivity contribution is 0.245. The maximum absolute atomic E-state index is 3.90. The monoisotopic (exact) mass is 272 g/mol. The van der Waals surface area contributed by atoms with Crippen molar-refractivity contribution in [3.05, 3.63) is 29.8 Å². The van der Waals surface area contributed by atoms with Gasteiger partial charge in [-0.2, -0.15) is 0 Å². The van der Waals surface area contributed by atoms with Crippen LogP contribution in [0.3, 0.4) is 0 Å².